The molecule has 0 aromatic heterocycles. The maximum atomic E-state index is 10.5. The van der Waals surface area contributed by atoms with Crippen LogP contribution in [0.2, 0.25) is 0 Å². The van der Waals surface area contributed by atoms with Crippen molar-refractivity contribution in [1.82, 2.24) is 0 Å². The van der Waals surface area contributed by atoms with E-state index in [-0.39, 0.29) is 5.97 Å². The first-order valence-electron chi connectivity index (χ1n) is 3.56. The minimum Gasteiger partial charge on any atom is -0.427 e. The largest absolute Gasteiger partial charge is 0.427 e. The number of carbonyl (C=O) groups excluding carboxylic acids is 1. The Morgan fingerprint density at radius 2 is 2.33 bits per heavy atom. The first-order chi connectivity index (χ1) is 5.72. The smallest absolute Gasteiger partial charge is 0.308 e. The van der Waals surface area contributed by atoms with Gasteiger partial charge in [-0.25, -0.2) is 0 Å². The minimum absolute atomic E-state index is 0.329. The van der Waals surface area contributed by atoms with E-state index in [4.69, 9.17) is 11.3 Å². The Morgan fingerprint density at radius 1 is 1.58 bits per heavy atom. The third kappa shape index (κ3) is 2.23. The van der Waals surface area contributed by atoms with Crippen molar-refractivity contribution in [3.8, 4) is 5.75 Å². The number of hydrogen-bond acceptors (Lipinski definition) is 2. The highest BCUT2D eigenvalue weighted by Crippen LogP contribution is 2.13. The van der Waals surface area contributed by atoms with E-state index in [2.05, 4.69) is 0 Å². The Balaban J connectivity index is 2.86. The summed E-state index contributed by atoms with van der Waals surface area (Å²) in [6.45, 7) is 6.64. The van der Waals surface area contributed by atoms with Gasteiger partial charge in [-0.1, -0.05) is 24.8 Å². The summed E-state index contributed by atoms with van der Waals surface area (Å²) < 4.78 is 4.84. The number of ether oxygens (including phenoxy) is 1. The molecule has 12 heavy (non-hydrogen) atoms. The van der Waals surface area contributed by atoms with Crippen LogP contribution in [0.4, 0.5) is 0 Å². The van der Waals surface area contributed by atoms with Crippen molar-refractivity contribution in [3.63, 3.8) is 0 Å². The first kappa shape index (κ1) is 8.53. The third-order valence-corrected chi connectivity index (χ3v) is 1.31. The van der Waals surface area contributed by atoms with Crippen LogP contribution in [0.3, 0.4) is 0 Å². The van der Waals surface area contributed by atoms with Crippen LogP contribution in [-0.2, 0) is 4.79 Å². The van der Waals surface area contributed by atoms with Crippen LogP contribution in [0.5, 0.6) is 5.75 Å². The van der Waals surface area contributed by atoms with E-state index in [9.17, 15) is 4.79 Å². The topological polar surface area (TPSA) is 26.3 Å². The fourth-order valence-corrected chi connectivity index (χ4v) is 0.848. The molecule has 2 nitrogen and oxygen atoms in total. The van der Waals surface area contributed by atoms with Gasteiger partial charge in [0, 0.05) is 6.92 Å². The number of benzene rings is 1. The summed E-state index contributed by atoms with van der Waals surface area (Å²) in [4.78, 5) is 10.5. The summed E-state index contributed by atoms with van der Waals surface area (Å²) in [7, 11) is 0. The van der Waals surface area contributed by atoms with Gasteiger partial charge in [0.25, 0.3) is 0 Å². The highest BCUT2D eigenvalue weighted by atomic mass is 16.5. The minimum atomic E-state index is -0.329. The fraction of sp³-hybridized carbons (Fsp3) is 0.100. The Morgan fingerprint density at radius 3 is 2.92 bits per heavy atom. The van der Waals surface area contributed by atoms with Gasteiger partial charge >= 0.3 is 5.97 Å². The Kier molecular flexibility index (Phi) is 2.64. The van der Waals surface area contributed by atoms with E-state index in [1.165, 1.54) is 13.0 Å². The maximum absolute atomic E-state index is 10.5. The summed E-state index contributed by atoms with van der Waals surface area (Å²) in [6.07, 6.45) is 1.45. The molecule has 2 heteroatoms. The zero-order valence-corrected chi connectivity index (χ0v) is 6.78. The second-order valence-corrected chi connectivity index (χ2v) is 2.33. The molecular formula is C10H9O2. The van der Waals surface area contributed by atoms with Crippen molar-refractivity contribution >= 4 is 12.0 Å². The number of rotatable bonds is 2. The SMILES string of the molecule is [CH]=Cc1cccc(OC(C)=O)c1. The summed E-state index contributed by atoms with van der Waals surface area (Å²) >= 11 is 0. The second kappa shape index (κ2) is 3.72. The molecule has 0 heterocycles. The highest BCUT2D eigenvalue weighted by molar-refractivity contribution is 5.69. The van der Waals surface area contributed by atoms with Gasteiger partial charge < -0.3 is 4.74 Å². The summed E-state index contributed by atoms with van der Waals surface area (Å²) in [6, 6.07) is 7.00. The van der Waals surface area contributed by atoms with Gasteiger partial charge in [-0.05, 0) is 17.7 Å². The van der Waals surface area contributed by atoms with Gasteiger partial charge in [-0.3, -0.25) is 4.79 Å². The van der Waals surface area contributed by atoms with E-state index in [0.717, 1.165) is 5.56 Å². The molecule has 1 aromatic rings. The molecule has 1 rings (SSSR count). The van der Waals surface area contributed by atoms with E-state index >= 15 is 0 Å². The zero-order chi connectivity index (χ0) is 8.97. The second-order valence-electron chi connectivity index (χ2n) is 2.33. The van der Waals surface area contributed by atoms with Crippen molar-refractivity contribution in [2.45, 2.75) is 6.92 Å². The molecule has 0 fully saturated rings. The predicted molar refractivity (Wildman–Crippen MR) is 46.5 cm³/mol. The molecule has 0 atom stereocenters. The van der Waals surface area contributed by atoms with Gasteiger partial charge in [0.15, 0.2) is 0 Å². The van der Waals surface area contributed by atoms with E-state index in [1.807, 2.05) is 6.07 Å². The molecule has 0 aliphatic carbocycles. The molecule has 0 bridgehead atoms. The van der Waals surface area contributed by atoms with Crippen molar-refractivity contribution in [3.05, 3.63) is 36.4 Å². The Labute approximate surface area is 71.5 Å². The number of carbonyl (C=O) groups is 1. The van der Waals surface area contributed by atoms with Gasteiger partial charge in [0.2, 0.25) is 0 Å². The lowest BCUT2D eigenvalue weighted by Gasteiger charge is -2.00. The molecule has 0 aliphatic rings. The van der Waals surface area contributed by atoms with Gasteiger partial charge in [0.1, 0.15) is 5.75 Å². The Bertz CT molecular complexity index is 302. The molecule has 0 saturated carbocycles. The molecule has 0 amide bonds. The number of hydrogen-bond donors (Lipinski definition) is 0. The molecule has 1 radical (unpaired) electrons. The van der Waals surface area contributed by atoms with Crippen LogP contribution in [-0.4, -0.2) is 5.97 Å². The van der Waals surface area contributed by atoms with Crippen molar-refractivity contribution in [1.29, 1.82) is 0 Å². The monoisotopic (exact) mass is 161 g/mol. The summed E-state index contributed by atoms with van der Waals surface area (Å²) in [5, 5.41) is 0. The normalized spacial score (nSPS) is 9.08. The van der Waals surface area contributed by atoms with Crippen LogP contribution < -0.4 is 4.74 Å². The van der Waals surface area contributed by atoms with Crippen LogP contribution in [0.1, 0.15) is 12.5 Å². The maximum Gasteiger partial charge on any atom is 0.308 e. The Hall–Kier alpha value is -1.57. The first-order valence-corrected chi connectivity index (χ1v) is 3.56. The molecular weight excluding hydrogens is 152 g/mol. The lowest BCUT2D eigenvalue weighted by atomic mass is 10.2. The quantitative estimate of drug-likeness (QED) is 0.490. The van der Waals surface area contributed by atoms with Crippen LogP contribution in [0.15, 0.2) is 24.3 Å². The molecule has 1 aromatic carbocycles. The van der Waals surface area contributed by atoms with Crippen molar-refractivity contribution < 1.29 is 9.53 Å². The van der Waals surface area contributed by atoms with Crippen molar-refractivity contribution in [2.75, 3.05) is 0 Å². The molecule has 0 saturated heterocycles. The predicted octanol–water partition coefficient (Wildman–Crippen LogP) is 2.06. The molecule has 0 spiro atoms. The average molecular weight is 161 g/mol. The third-order valence-electron chi connectivity index (χ3n) is 1.31. The molecule has 0 N–H and O–H groups in total. The summed E-state index contributed by atoms with van der Waals surface area (Å²) in [5.74, 6) is 0.186. The van der Waals surface area contributed by atoms with Gasteiger partial charge in [-0.2, -0.15) is 0 Å². The van der Waals surface area contributed by atoms with Crippen molar-refractivity contribution in [2.24, 2.45) is 0 Å². The van der Waals surface area contributed by atoms with E-state index < -0.39 is 0 Å². The van der Waals surface area contributed by atoms with Crippen LogP contribution in [0.25, 0.3) is 6.08 Å². The van der Waals surface area contributed by atoms with Gasteiger partial charge in [-0.15, -0.1) is 0 Å². The highest BCUT2D eigenvalue weighted by Gasteiger charge is 1.96. The summed E-state index contributed by atoms with van der Waals surface area (Å²) in [5.41, 5.74) is 0.828. The van der Waals surface area contributed by atoms with E-state index in [1.54, 1.807) is 18.2 Å². The fourth-order valence-electron chi connectivity index (χ4n) is 0.848. The average Bonchev–Trinajstić information content (AvgIpc) is 2.03. The lowest BCUT2D eigenvalue weighted by Crippen LogP contribution is -2.00. The van der Waals surface area contributed by atoms with Gasteiger partial charge in [0.05, 0.1) is 0 Å². The number of esters is 1. The molecule has 61 valence electrons. The molecule has 0 aliphatic heterocycles. The van der Waals surface area contributed by atoms with E-state index in [0.29, 0.717) is 5.75 Å². The standard InChI is InChI=1S/C10H9O2/c1-3-9-5-4-6-10(7-9)12-8(2)11/h1,3-7H,2H3. The zero-order valence-electron chi connectivity index (χ0n) is 6.78. The van der Waals surface area contributed by atoms with Crippen LogP contribution in [0, 0.1) is 6.58 Å². The molecule has 0 unspecified atom stereocenters. The van der Waals surface area contributed by atoms with Crippen LogP contribution >= 0.6 is 0 Å². The lowest BCUT2D eigenvalue weighted by molar-refractivity contribution is -0.131.